The lowest BCUT2D eigenvalue weighted by Crippen LogP contribution is -2.36. The summed E-state index contributed by atoms with van der Waals surface area (Å²) in [6.07, 6.45) is 5.11. The van der Waals surface area contributed by atoms with E-state index in [0.29, 0.717) is 11.3 Å². The number of furan rings is 1. The molecule has 0 saturated heterocycles. The van der Waals surface area contributed by atoms with Gasteiger partial charge in [-0.2, -0.15) is 0 Å². The van der Waals surface area contributed by atoms with Gasteiger partial charge in [0, 0.05) is 0 Å². The van der Waals surface area contributed by atoms with E-state index in [9.17, 15) is 0 Å². The molecule has 1 aromatic heterocycles. The van der Waals surface area contributed by atoms with Crippen molar-refractivity contribution in [1.82, 2.24) is 0 Å². The molecule has 2 atom stereocenters. The fraction of sp³-hybridized carbons (Fsp3) is 0.692. The number of hydrogen-bond acceptors (Lipinski definition) is 2. The molecule has 1 aromatic rings. The third-order valence-electron chi connectivity index (χ3n) is 3.95. The van der Waals surface area contributed by atoms with Crippen molar-refractivity contribution in [3.05, 3.63) is 22.6 Å². The molecule has 0 amide bonds. The van der Waals surface area contributed by atoms with Crippen LogP contribution in [0.2, 0.25) is 0 Å². The average Bonchev–Trinajstić information content (AvgIpc) is 2.63. The largest absolute Gasteiger partial charge is 0.453 e. The molecule has 1 aliphatic rings. The molecule has 0 aromatic carbocycles. The standard InChI is InChI=1S/C13H20BrNO/c1-13(2)8-4-3-5-9(13)12(15)10-6-7-11(14)16-10/h6-7,9,12H,3-5,8,15H2,1-2H3. The zero-order chi connectivity index (χ0) is 11.8. The Labute approximate surface area is 106 Å². The van der Waals surface area contributed by atoms with Crippen LogP contribution in [0.4, 0.5) is 0 Å². The maximum absolute atomic E-state index is 6.34. The molecule has 16 heavy (non-hydrogen) atoms. The second-order valence-electron chi connectivity index (χ2n) is 5.51. The topological polar surface area (TPSA) is 39.2 Å². The Balaban J connectivity index is 2.17. The minimum Gasteiger partial charge on any atom is -0.453 e. The molecule has 2 unspecified atom stereocenters. The Morgan fingerprint density at radius 1 is 1.44 bits per heavy atom. The van der Waals surface area contributed by atoms with Gasteiger partial charge in [-0.3, -0.25) is 0 Å². The van der Waals surface area contributed by atoms with Crippen LogP contribution in [-0.2, 0) is 0 Å². The molecule has 1 heterocycles. The van der Waals surface area contributed by atoms with Gasteiger partial charge in [0.05, 0.1) is 6.04 Å². The summed E-state index contributed by atoms with van der Waals surface area (Å²) >= 11 is 3.33. The fourth-order valence-electron chi connectivity index (χ4n) is 2.89. The molecule has 2 rings (SSSR count). The number of halogens is 1. The van der Waals surface area contributed by atoms with Gasteiger partial charge in [0.2, 0.25) is 0 Å². The highest BCUT2D eigenvalue weighted by Crippen LogP contribution is 2.46. The van der Waals surface area contributed by atoms with Crippen molar-refractivity contribution in [2.45, 2.75) is 45.6 Å². The highest BCUT2D eigenvalue weighted by molar-refractivity contribution is 9.10. The highest BCUT2D eigenvalue weighted by atomic mass is 79.9. The van der Waals surface area contributed by atoms with Gasteiger partial charge in [-0.15, -0.1) is 0 Å². The van der Waals surface area contributed by atoms with Crippen LogP contribution in [0.1, 0.15) is 51.3 Å². The van der Waals surface area contributed by atoms with Gasteiger partial charge in [-0.25, -0.2) is 0 Å². The van der Waals surface area contributed by atoms with E-state index in [4.69, 9.17) is 10.2 Å². The fourth-order valence-corrected chi connectivity index (χ4v) is 3.21. The molecular formula is C13H20BrNO. The van der Waals surface area contributed by atoms with Crippen LogP contribution in [0.3, 0.4) is 0 Å². The minimum atomic E-state index is 0.0293. The Hall–Kier alpha value is -0.280. The van der Waals surface area contributed by atoms with Crippen LogP contribution in [0, 0.1) is 11.3 Å². The lowest BCUT2D eigenvalue weighted by Gasteiger charge is -2.41. The number of nitrogens with two attached hydrogens (primary N) is 1. The van der Waals surface area contributed by atoms with E-state index in [1.165, 1.54) is 25.7 Å². The lowest BCUT2D eigenvalue weighted by molar-refractivity contribution is 0.104. The molecule has 2 N–H and O–H groups in total. The SMILES string of the molecule is CC1(C)CCCCC1C(N)c1ccc(Br)o1. The van der Waals surface area contributed by atoms with Crippen molar-refractivity contribution < 1.29 is 4.42 Å². The summed E-state index contributed by atoms with van der Waals surface area (Å²) in [5, 5.41) is 0. The van der Waals surface area contributed by atoms with Crippen molar-refractivity contribution in [2.75, 3.05) is 0 Å². The summed E-state index contributed by atoms with van der Waals surface area (Å²) in [5.74, 6) is 1.44. The van der Waals surface area contributed by atoms with Crippen LogP contribution >= 0.6 is 15.9 Å². The Morgan fingerprint density at radius 3 is 2.75 bits per heavy atom. The summed E-state index contributed by atoms with van der Waals surface area (Å²) in [4.78, 5) is 0. The van der Waals surface area contributed by atoms with E-state index in [1.807, 2.05) is 12.1 Å². The average molecular weight is 286 g/mol. The lowest BCUT2D eigenvalue weighted by atomic mass is 9.65. The molecule has 0 radical (unpaired) electrons. The molecule has 1 saturated carbocycles. The maximum Gasteiger partial charge on any atom is 0.169 e. The Morgan fingerprint density at radius 2 is 2.19 bits per heavy atom. The van der Waals surface area contributed by atoms with Crippen molar-refractivity contribution >= 4 is 15.9 Å². The van der Waals surface area contributed by atoms with Gasteiger partial charge < -0.3 is 10.2 Å². The zero-order valence-corrected chi connectivity index (χ0v) is 11.6. The smallest absolute Gasteiger partial charge is 0.169 e. The van der Waals surface area contributed by atoms with Gasteiger partial charge in [0.15, 0.2) is 4.67 Å². The normalized spacial score (nSPS) is 26.6. The van der Waals surface area contributed by atoms with Gasteiger partial charge in [0.25, 0.3) is 0 Å². The molecule has 0 bridgehead atoms. The predicted octanol–water partition coefficient (Wildman–Crippen LogP) is 4.26. The van der Waals surface area contributed by atoms with Crippen LogP contribution < -0.4 is 5.73 Å². The Kier molecular flexibility index (Phi) is 3.45. The molecule has 1 aliphatic carbocycles. The third kappa shape index (κ3) is 2.35. The number of rotatable bonds is 2. The van der Waals surface area contributed by atoms with Crippen molar-refractivity contribution in [3.8, 4) is 0 Å². The Bertz CT molecular complexity index is 359. The van der Waals surface area contributed by atoms with Gasteiger partial charge >= 0.3 is 0 Å². The van der Waals surface area contributed by atoms with E-state index in [-0.39, 0.29) is 6.04 Å². The zero-order valence-electron chi connectivity index (χ0n) is 10.0. The van der Waals surface area contributed by atoms with Crippen LogP contribution in [-0.4, -0.2) is 0 Å². The quantitative estimate of drug-likeness (QED) is 0.882. The molecule has 0 spiro atoms. The van der Waals surface area contributed by atoms with Crippen molar-refractivity contribution in [1.29, 1.82) is 0 Å². The van der Waals surface area contributed by atoms with Gasteiger partial charge in [-0.1, -0.05) is 26.7 Å². The van der Waals surface area contributed by atoms with E-state index in [0.717, 1.165) is 10.4 Å². The highest BCUT2D eigenvalue weighted by Gasteiger charge is 2.37. The monoisotopic (exact) mass is 285 g/mol. The van der Waals surface area contributed by atoms with E-state index >= 15 is 0 Å². The van der Waals surface area contributed by atoms with Crippen molar-refractivity contribution in [3.63, 3.8) is 0 Å². The van der Waals surface area contributed by atoms with E-state index in [1.54, 1.807) is 0 Å². The summed E-state index contributed by atoms with van der Waals surface area (Å²) < 4.78 is 6.35. The molecule has 1 fully saturated rings. The molecule has 0 aliphatic heterocycles. The second kappa shape index (κ2) is 4.53. The predicted molar refractivity (Wildman–Crippen MR) is 69.1 cm³/mol. The van der Waals surface area contributed by atoms with E-state index < -0.39 is 0 Å². The van der Waals surface area contributed by atoms with E-state index in [2.05, 4.69) is 29.8 Å². The third-order valence-corrected chi connectivity index (χ3v) is 4.37. The first kappa shape index (κ1) is 12.2. The van der Waals surface area contributed by atoms with Crippen LogP contribution in [0.15, 0.2) is 21.2 Å². The molecular weight excluding hydrogens is 266 g/mol. The van der Waals surface area contributed by atoms with Crippen LogP contribution in [0.25, 0.3) is 0 Å². The first-order valence-electron chi connectivity index (χ1n) is 6.01. The summed E-state index contributed by atoms with van der Waals surface area (Å²) in [6.45, 7) is 4.66. The molecule has 90 valence electrons. The maximum atomic E-state index is 6.34. The summed E-state index contributed by atoms with van der Waals surface area (Å²) in [6, 6.07) is 3.94. The molecule has 3 heteroatoms. The number of hydrogen-bond donors (Lipinski definition) is 1. The summed E-state index contributed by atoms with van der Waals surface area (Å²) in [7, 11) is 0. The molecule has 2 nitrogen and oxygen atoms in total. The second-order valence-corrected chi connectivity index (χ2v) is 6.29. The summed E-state index contributed by atoms with van der Waals surface area (Å²) in [5.41, 5.74) is 6.67. The van der Waals surface area contributed by atoms with Crippen molar-refractivity contribution in [2.24, 2.45) is 17.1 Å². The van der Waals surface area contributed by atoms with Gasteiger partial charge in [-0.05, 0) is 52.2 Å². The minimum absolute atomic E-state index is 0.0293. The first-order chi connectivity index (χ1) is 7.50. The van der Waals surface area contributed by atoms with Crippen LogP contribution in [0.5, 0.6) is 0 Å². The first-order valence-corrected chi connectivity index (χ1v) is 6.81. The van der Waals surface area contributed by atoms with Gasteiger partial charge in [0.1, 0.15) is 5.76 Å².